The Bertz CT molecular complexity index is 514. The lowest BCUT2D eigenvalue weighted by Gasteiger charge is -2.07. The van der Waals surface area contributed by atoms with Crippen LogP contribution in [0.5, 0.6) is 0 Å². The van der Waals surface area contributed by atoms with Crippen LogP contribution in [-0.4, -0.2) is 21.5 Å². The predicted octanol–water partition coefficient (Wildman–Crippen LogP) is 2.16. The van der Waals surface area contributed by atoms with Crippen LogP contribution in [0.4, 0.5) is 0 Å². The molecule has 0 saturated heterocycles. The van der Waals surface area contributed by atoms with Gasteiger partial charge in [0.2, 0.25) is 0 Å². The van der Waals surface area contributed by atoms with E-state index >= 15 is 0 Å². The van der Waals surface area contributed by atoms with Gasteiger partial charge in [0.15, 0.2) is 0 Å². The van der Waals surface area contributed by atoms with Crippen molar-refractivity contribution >= 4 is 0 Å². The Morgan fingerprint density at radius 1 is 1.28 bits per heavy atom. The molecule has 0 unspecified atom stereocenters. The summed E-state index contributed by atoms with van der Waals surface area (Å²) in [6.07, 6.45) is 4.52. The first-order valence-electron chi connectivity index (χ1n) is 6.43. The lowest BCUT2D eigenvalue weighted by molar-refractivity contribution is 0.495. The summed E-state index contributed by atoms with van der Waals surface area (Å²) in [5, 5.41) is 12.2. The summed E-state index contributed by atoms with van der Waals surface area (Å²) in [7, 11) is 0. The fraction of sp³-hybridized carbons (Fsp3) is 0.429. The first-order chi connectivity index (χ1) is 8.75. The number of nitrogens with one attached hydrogen (secondary N) is 1. The Hall–Kier alpha value is -1.68. The second kappa shape index (κ2) is 4.53. The summed E-state index contributed by atoms with van der Waals surface area (Å²) >= 11 is 0. The zero-order valence-corrected chi connectivity index (χ0v) is 10.6. The van der Waals surface area contributed by atoms with Gasteiger partial charge in [-0.25, -0.2) is 0 Å². The van der Waals surface area contributed by atoms with Crippen LogP contribution in [0.15, 0.2) is 36.5 Å². The third-order valence-corrected chi connectivity index (χ3v) is 3.49. The van der Waals surface area contributed by atoms with Crippen molar-refractivity contribution in [3.63, 3.8) is 0 Å². The molecule has 0 atom stereocenters. The van der Waals surface area contributed by atoms with Crippen LogP contribution < -0.4 is 5.32 Å². The van der Waals surface area contributed by atoms with E-state index in [1.54, 1.807) is 4.80 Å². The van der Waals surface area contributed by atoms with Crippen LogP contribution in [0.1, 0.15) is 25.5 Å². The smallest absolute Gasteiger partial charge is 0.0969 e. The molecule has 0 spiro atoms. The summed E-state index contributed by atoms with van der Waals surface area (Å²) in [5.41, 5.74) is 2.52. The Kier molecular flexibility index (Phi) is 2.88. The zero-order chi connectivity index (χ0) is 12.4. The molecule has 0 aliphatic heterocycles. The topological polar surface area (TPSA) is 42.7 Å². The number of hydrogen-bond acceptors (Lipinski definition) is 3. The van der Waals surface area contributed by atoms with Crippen LogP contribution in [-0.2, 0) is 6.54 Å². The van der Waals surface area contributed by atoms with Gasteiger partial charge in [-0.2, -0.15) is 15.0 Å². The number of hydrogen-bond donors (Lipinski definition) is 1. The number of nitrogens with zero attached hydrogens (tertiary/aromatic N) is 3. The fourth-order valence-corrected chi connectivity index (χ4v) is 1.94. The maximum Gasteiger partial charge on any atom is 0.0969 e. The van der Waals surface area contributed by atoms with Gasteiger partial charge in [0.25, 0.3) is 0 Å². The van der Waals surface area contributed by atoms with Gasteiger partial charge in [-0.05, 0) is 30.4 Å². The molecule has 1 aromatic heterocycles. The van der Waals surface area contributed by atoms with Crippen molar-refractivity contribution in [3.05, 3.63) is 42.2 Å². The van der Waals surface area contributed by atoms with Gasteiger partial charge in [-0.3, -0.25) is 0 Å². The Balaban J connectivity index is 1.59. The second-order valence-corrected chi connectivity index (χ2v) is 5.38. The molecule has 0 bridgehead atoms. The molecule has 4 nitrogen and oxygen atoms in total. The standard InChI is InChI=1S/C14H18N4/c1-14(7-8-14)11-15-9-12-10-16-18(17-12)13-5-3-2-4-6-13/h2-6,10,15H,7-9,11H2,1H3. The number of para-hydroxylation sites is 1. The lowest BCUT2D eigenvalue weighted by Crippen LogP contribution is -2.21. The van der Waals surface area contributed by atoms with E-state index in [4.69, 9.17) is 0 Å². The average Bonchev–Trinajstić information content (AvgIpc) is 2.94. The monoisotopic (exact) mass is 242 g/mol. The molecule has 0 radical (unpaired) electrons. The minimum atomic E-state index is 0.537. The van der Waals surface area contributed by atoms with Crippen LogP contribution in [0.2, 0.25) is 0 Å². The first-order valence-corrected chi connectivity index (χ1v) is 6.43. The quantitative estimate of drug-likeness (QED) is 0.873. The molecule has 1 aliphatic carbocycles. The molecular formula is C14H18N4. The molecule has 0 amide bonds. The minimum absolute atomic E-state index is 0.537. The Morgan fingerprint density at radius 3 is 2.78 bits per heavy atom. The largest absolute Gasteiger partial charge is 0.311 e. The zero-order valence-electron chi connectivity index (χ0n) is 10.6. The lowest BCUT2D eigenvalue weighted by atomic mass is 10.1. The molecule has 1 aromatic carbocycles. The fourth-order valence-electron chi connectivity index (χ4n) is 1.94. The maximum atomic E-state index is 4.46. The van der Waals surface area contributed by atoms with Gasteiger partial charge < -0.3 is 5.32 Å². The van der Waals surface area contributed by atoms with Crippen molar-refractivity contribution in [3.8, 4) is 5.69 Å². The molecule has 4 heteroatoms. The highest BCUT2D eigenvalue weighted by Gasteiger charge is 2.36. The molecule has 1 aliphatic rings. The average molecular weight is 242 g/mol. The van der Waals surface area contributed by atoms with Gasteiger partial charge in [-0.1, -0.05) is 25.1 Å². The van der Waals surface area contributed by atoms with Crippen molar-refractivity contribution in [1.82, 2.24) is 20.3 Å². The van der Waals surface area contributed by atoms with Crippen LogP contribution >= 0.6 is 0 Å². The van der Waals surface area contributed by atoms with Crippen molar-refractivity contribution in [1.29, 1.82) is 0 Å². The summed E-state index contributed by atoms with van der Waals surface area (Å²) in [4.78, 5) is 1.68. The van der Waals surface area contributed by atoms with Crippen LogP contribution in [0.3, 0.4) is 0 Å². The van der Waals surface area contributed by atoms with Gasteiger partial charge in [-0.15, -0.1) is 0 Å². The molecular weight excluding hydrogens is 224 g/mol. The first kappa shape index (κ1) is 11.4. The number of benzene rings is 1. The van der Waals surface area contributed by atoms with E-state index in [0.29, 0.717) is 5.41 Å². The summed E-state index contributed by atoms with van der Waals surface area (Å²) in [6, 6.07) is 9.98. The predicted molar refractivity (Wildman–Crippen MR) is 70.4 cm³/mol. The van der Waals surface area contributed by atoms with Crippen LogP contribution in [0.25, 0.3) is 5.69 Å². The van der Waals surface area contributed by atoms with Gasteiger partial charge in [0, 0.05) is 13.1 Å². The number of rotatable bonds is 5. The van der Waals surface area contributed by atoms with E-state index in [0.717, 1.165) is 24.5 Å². The molecule has 3 rings (SSSR count). The molecule has 94 valence electrons. The minimum Gasteiger partial charge on any atom is -0.311 e. The van der Waals surface area contributed by atoms with Gasteiger partial charge in [0.05, 0.1) is 17.6 Å². The van der Waals surface area contributed by atoms with E-state index < -0.39 is 0 Å². The summed E-state index contributed by atoms with van der Waals surface area (Å²) in [5.74, 6) is 0. The van der Waals surface area contributed by atoms with Crippen molar-refractivity contribution in [2.24, 2.45) is 5.41 Å². The normalized spacial score (nSPS) is 16.7. The number of aromatic nitrogens is 3. The highest BCUT2D eigenvalue weighted by molar-refractivity contribution is 5.28. The summed E-state index contributed by atoms with van der Waals surface area (Å²) < 4.78 is 0. The third kappa shape index (κ3) is 2.59. The van der Waals surface area contributed by atoms with Gasteiger partial charge in [0.1, 0.15) is 0 Å². The summed E-state index contributed by atoms with van der Waals surface area (Å²) in [6.45, 7) is 4.19. The van der Waals surface area contributed by atoms with Crippen molar-refractivity contribution in [2.45, 2.75) is 26.3 Å². The highest BCUT2D eigenvalue weighted by Crippen LogP contribution is 2.44. The Labute approximate surface area is 107 Å². The molecule has 1 heterocycles. The molecule has 18 heavy (non-hydrogen) atoms. The van der Waals surface area contributed by atoms with E-state index in [2.05, 4.69) is 22.4 Å². The van der Waals surface area contributed by atoms with Crippen molar-refractivity contribution < 1.29 is 0 Å². The molecule has 1 N–H and O–H groups in total. The molecule has 1 saturated carbocycles. The van der Waals surface area contributed by atoms with E-state index in [1.807, 2.05) is 36.5 Å². The SMILES string of the molecule is CC1(CNCc2cnn(-c3ccccc3)n2)CC1. The molecule has 2 aromatic rings. The molecule has 1 fully saturated rings. The maximum absolute atomic E-state index is 4.46. The van der Waals surface area contributed by atoms with E-state index in [9.17, 15) is 0 Å². The van der Waals surface area contributed by atoms with Crippen LogP contribution in [0, 0.1) is 5.41 Å². The second-order valence-electron chi connectivity index (χ2n) is 5.38. The third-order valence-electron chi connectivity index (χ3n) is 3.49. The Morgan fingerprint density at radius 2 is 2.06 bits per heavy atom. The van der Waals surface area contributed by atoms with E-state index in [1.165, 1.54) is 12.8 Å². The van der Waals surface area contributed by atoms with Gasteiger partial charge >= 0.3 is 0 Å². The van der Waals surface area contributed by atoms with Crippen molar-refractivity contribution in [2.75, 3.05) is 6.54 Å². The van der Waals surface area contributed by atoms with E-state index in [-0.39, 0.29) is 0 Å². The highest BCUT2D eigenvalue weighted by atomic mass is 15.5.